The van der Waals surface area contributed by atoms with Crippen molar-refractivity contribution >= 4 is 57.3 Å². The van der Waals surface area contributed by atoms with Crippen molar-refractivity contribution in [3.05, 3.63) is 108 Å². The molecule has 0 saturated carbocycles. The molecule has 2 aromatic heterocycles. The van der Waals surface area contributed by atoms with Gasteiger partial charge in [-0.3, -0.25) is 13.8 Å². The van der Waals surface area contributed by atoms with Crippen molar-refractivity contribution in [1.29, 1.82) is 0 Å². The number of benzene rings is 2. The molecule has 2 radical (unpaired) electrons. The van der Waals surface area contributed by atoms with E-state index in [1.54, 1.807) is 64.9 Å². The van der Waals surface area contributed by atoms with Crippen LogP contribution in [-0.4, -0.2) is 92.5 Å². The number of hydrogen-bond acceptors (Lipinski definition) is 6. The maximum Gasteiger partial charge on any atom is 1.04 e. The van der Waals surface area contributed by atoms with Gasteiger partial charge >= 0.3 is 14.2 Å². The summed E-state index contributed by atoms with van der Waals surface area (Å²) in [6, 6.07) is 16.9. The van der Waals surface area contributed by atoms with Crippen LogP contribution in [0.4, 0.5) is 17.6 Å². The fourth-order valence-corrected chi connectivity index (χ4v) is 4.72. The molecule has 0 N–H and O–H groups in total. The molecule has 0 bridgehead atoms. The van der Waals surface area contributed by atoms with Gasteiger partial charge in [0, 0.05) is 55.8 Å². The molecule has 0 unspecified atom stereocenters. The van der Waals surface area contributed by atoms with Gasteiger partial charge < -0.3 is 4.98 Å². The first-order chi connectivity index (χ1) is 24.9. The SMILES string of the molecule is C1=N[N+](C[N+]2=CCC=N2)=CC1.Cc1cc(F)cc(F)c1-c1ccccn1.Fc1c[c-]c(-c2ccccn2)c(F)c1.[B]([N+]1=CCC=N1)[N+]1=CCC=N1.[Ir]. The Morgan fingerprint density at radius 1 is 0.654 bits per heavy atom. The zero-order valence-corrected chi connectivity index (χ0v) is 30.4. The second-order valence-electron chi connectivity index (χ2n) is 10.8. The third kappa shape index (κ3) is 12.1. The Balaban J connectivity index is 0.000000155. The molecular weight excluding hydrogens is 851 g/mol. The Bertz CT molecular complexity index is 1930. The van der Waals surface area contributed by atoms with Crippen molar-refractivity contribution in [1.82, 2.24) is 9.97 Å². The zero-order chi connectivity index (χ0) is 35.8. The molecule has 8 rings (SSSR count). The molecular formula is C36H33BF4IrN10+3. The minimum Gasteiger partial charge on any atom is -0.305 e. The summed E-state index contributed by atoms with van der Waals surface area (Å²) in [5.41, 5.74) is 2.06. The van der Waals surface area contributed by atoms with E-state index in [2.05, 4.69) is 36.4 Å². The average molecular weight is 885 g/mol. The van der Waals surface area contributed by atoms with Gasteiger partial charge in [-0.15, -0.1) is 12.1 Å². The van der Waals surface area contributed by atoms with E-state index < -0.39 is 23.3 Å². The average Bonchev–Trinajstić information content (AvgIpc) is 3.98. The van der Waals surface area contributed by atoms with Gasteiger partial charge in [0.15, 0.2) is 24.9 Å². The monoisotopic (exact) mass is 885 g/mol. The van der Waals surface area contributed by atoms with Gasteiger partial charge in [-0.05, 0) is 72.2 Å². The molecule has 10 nitrogen and oxygen atoms in total. The normalized spacial score (nSPS) is 14.4. The number of halogens is 4. The maximum atomic E-state index is 13.5. The van der Waals surface area contributed by atoms with E-state index in [1.807, 2.05) is 66.6 Å². The topological polar surface area (TPSA) is 87.3 Å². The predicted octanol–water partition coefficient (Wildman–Crippen LogP) is 5.52. The Morgan fingerprint density at radius 3 is 1.65 bits per heavy atom. The maximum absolute atomic E-state index is 13.5. The van der Waals surface area contributed by atoms with E-state index >= 15 is 0 Å². The number of hydrazone groups is 4. The van der Waals surface area contributed by atoms with Crippen LogP contribution in [0, 0.1) is 36.3 Å². The van der Waals surface area contributed by atoms with Gasteiger partial charge in [0.1, 0.15) is 11.6 Å². The number of rotatable bonds is 6. The van der Waals surface area contributed by atoms with Crippen LogP contribution in [0.3, 0.4) is 0 Å². The number of aryl methyl sites for hydroxylation is 1. The summed E-state index contributed by atoms with van der Waals surface area (Å²) in [6.45, 7) is 2.41. The van der Waals surface area contributed by atoms with E-state index in [9.17, 15) is 17.6 Å². The van der Waals surface area contributed by atoms with E-state index in [1.165, 1.54) is 6.07 Å². The van der Waals surface area contributed by atoms with E-state index in [-0.39, 0.29) is 25.7 Å². The third-order valence-electron chi connectivity index (χ3n) is 7.01. The molecule has 264 valence electrons. The smallest absolute Gasteiger partial charge is 0.305 e. The predicted molar refractivity (Wildman–Crippen MR) is 191 cm³/mol. The summed E-state index contributed by atoms with van der Waals surface area (Å²) in [5.74, 6) is -2.43. The molecule has 0 spiro atoms. The van der Waals surface area contributed by atoms with Crippen molar-refractivity contribution in [2.24, 2.45) is 20.4 Å². The first-order valence-corrected chi connectivity index (χ1v) is 15.9. The molecule has 52 heavy (non-hydrogen) atoms. The molecule has 0 fully saturated rings. The largest absolute Gasteiger partial charge is 1.04 e. The van der Waals surface area contributed by atoms with Crippen LogP contribution in [0.25, 0.3) is 22.5 Å². The molecule has 0 saturated heterocycles. The quantitative estimate of drug-likeness (QED) is 0.111. The number of hydrogen-bond donors (Lipinski definition) is 0. The van der Waals surface area contributed by atoms with Crippen LogP contribution < -0.4 is 0 Å². The summed E-state index contributed by atoms with van der Waals surface area (Å²) < 4.78 is 59.5. The molecule has 16 heteroatoms. The summed E-state index contributed by atoms with van der Waals surface area (Å²) in [5, 5.41) is 16.4. The van der Waals surface area contributed by atoms with Crippen molar-refractivity contribution in [2.45, 2.75) is 32.6 Å². The van der Waals surface area contributed by atoms with Gasteiger partial charge in [-0.25, -0.2) is 8.78 Å². The molecule has 2 aromatic carbocycles. The number of aromatic nitrogens is 2. The summed E-state index contributed by atoms with van der Waals surface area (Å²) >= 11 is 0. The fourth-order valence-electron chi connectivity index (χ4n) is 4.72. The summed E-state index contributed by atoms with van der Waals surface area (Å²) in [6.07, 6.45) is 22.4. The van der Waals surface area contributed by atoms with Gasteiger partial charge in [-0.2, -0.15) is 0 Å². The second kappa shape index (κ2) is 20.4. The Morgan fingerprint density at radius 2 is 1.19 bits per heavy atom. The van der Waals surface area contributed by atoms with Crippen molar-refractivity contribution in [3.8, 4) is 22.5 Å². The van der Waals surface area contributed by atoms with Gasteiger partial charge in [0.05, 0.1) is 56.2 Å². The molecule has 0 aliphatic carbocycles. The van der Waals surface area contributed by atoms with Gasteiger partial charge in [0.2, 0.25) is 0 Å². The van der Waals surface area contributed by atoms with Crippen molar-refractivity contribution < 1.29 is 56.2 Å². The Hall–Kier alpha value is -5.47. The molecule has 6 heterocycles. The van der Waals surface area contributed by atoms with Crippen LogP contribution >= 0.6 is 0 Å². The van der Waals surface area contributed by atoms with Crippen LogP contribution in [-0.2, 0) is 20.1 Å². The van der Waals surface area contributed by atoms with Crippen molar-refractivity contribution in [3.63, 3.8) is 0 Å². The minimum absolute atomic E-state index is 0. The van der Waals surface area contributed by atoms with Gasteiger partial charge in [-0.1, -0.05) is 39.0 Å². The number of pyridine rings is 2. The summed E-state index contributed by atoms with van der Waals surface area (Å²) in [7, 11) is 1.84. The van der Waals surface area contributed by atoms with Crippen LogP contribution in [0.5, 0.6) is 0 Å². The fraction of sp³-hybridized carbons (Fsp3) is 0.167. The molecule has 0 amide bonds. The Kier molecular flexibility index (Phi) is 15.4. The van der Waals surface area contributed by atoms with E-state index in [4.69, 9.17) is 0 Å². The Labute approximate surface area is 312 Å². The van der Waals surface area contributed by atoms with Crippen LogP contribution in [0.15, 0.2) is 93.5 Å². The standard InChI is InChI=1S/C12H9F2N.C11H6F2N.C7H10N4.C6H8BN4.Ir/c1-8-6-9(13)7-10(14)12(8)11-4-2-3-5-15-11;12-8-4-5-9(10(13)7-8)11-3-1-2-6-14-11;2*1-3-8-10(5-1)7-11-6-2-4-9-11;/h2-7H,1H3;1-4,6-7H;3-6H,1-2,7H2;3-6H,1-2H2;/q;-1;2*+2;. The van der Waals surface area contributed by atoms with Crippen LogP contribution in [0.1, 0.15) is 31.2 Å². The third-order valence-corrected chi connectivity index (χ3v) is 7.01. The first-order valence-electron chi connectivity index (χ1n) is 15.9. The molecule has 4 aliphatic rings. The van der Waals surface area contributed by atoms with E-state index in [0.717, 1.165) is 50.6 Å². The molecule has 4 aromatic rings. The minimum atomic E-state index is -0.649. The van der Waals surface area contributed by atoms with Crippen LogP contribution in [0.2, 0.25) is 0 Å². The summed E-state index contributed by atoms with van der Waals surface area (Å²) in [4.78, 5) is 7.98. The second-order valence-corrected chi connectivity index (χ2v) is 10.8. The van der Waals surface area contributed by atoms with E-state index in [0.29, 0.717) is 22.5 Å². The van der Waals surface area contributed by atoms with Gasteiger partial charge in [0.25, 0.3) is 0 Å². The number of nitrogens with zero attached hydrogens (tertiary/aromatic N) is 10. The van der Waals surface area contributed by atoms with Crippen molar-refractivity contribution in [2.75, 3.05) is 6.67 Å². The molecule has 0 atom stereocenters. The zero-order valence-electron chi connectivity index (χ0n) is 28.0. The first kappa shape index (κ1) is 39.3. The molecule has 4 aliphatic heterocycles.